The van der Waals surface area contributed by atoms with Gasteiger partial charge in [0.25, 0.3) is 0 Å². The lowest BCUT2D eigenvalue weighted by Crippen LogP contribution is -2.08. The van der Waals surface area contributed by atoms with E-state index in [0.717, 1.165) is 0 Å². The van der Waals surface area contributed by atoms with E-state index in [4.69, 9.17) is 10.5 Å². The van der Waals surface area contributed by atoms with Gasteiger partial charge in [0.2, 0.25) is 0 Å². The second kappa shape index (κ2) is 6.05. The first-order valence-corrected chi connectivity index (χ1v) is 6.74. The van der Waals surface area contributed by atoms with Gasteiger partial charge >= 0.3 is 5.97 Å². The Labute approximate surface area is 124 Å². The Hall–Kier alpha value is -1.88. The SMILES string of the molecule is Cc1c(N)cccc1C(=O)OCc1ccc(F)cc1Br. The first-order valence-electron chi connectivity index (χ1n) is 5.95. The molecule has 2 aromatic carbocycles. The molecular formula is C15H13BrFNO2. The summed E-state index contributed by atoms with van der Waals surface area (Å²) in [7, 11) is 0. The third-order valence-electron chi connectivity index (χ3n) is 2.97. The maximum atomic E-state index is 13.0. The summed E-state index contributed by atoms with van der Waals surface area (Å²) in [4.78, 5) is 12.0. The van der Waals surface area contributed by atoms with Crippen LogP contribution in [0.4, 0.5) is 10.1 Å². The summed E-state index contributed by atoms with van der Waals surface area (Å²) in [5.74, 6) is -0.801. The zero-order chi connectivity index (χ0) is 14.7. The van der Waals surface area contributed by atoms with Crippen LogP contribution in [-0.2, 0) is 11.3 Å². The van der Waals surface area contributed by atoms with Gasteiger partial charge in [-0.3, -0.25) is 0 Å². The molecule has 2 aromatic rings. The van der Waals surface area contributed by atoms with Crippen molar-refractivity contribution in [2.75, 3.05) is 5.73 Å². The summed E-state index contributed by atoms with van der Waals surface area (Å²) in [6.45, 7) is 1.83. The highest BCUT2D eigenvalue weighted by atomic mass is 79.9. The number of anilines is 1. The van der Waals surface area contributed by atoms with Crippen LogP contribution in [-0.4, -0.2) is 5.97 Å². The Kier molecular flexibility index (Phi) is 4.39. The maximum Gasteiger partial charge on any atom is 0.338 e. The molecule has 0 aliphatic rings. The van der Waals surface area contributed by atoms with E-state index in [2.05, 4.69) is 15.9 Å². The Morgan fingerprint density at radius 2 is 2.10 bits per heavy atom. The van der Waals surface area contributed by atoms with E-state index in [0.29, 0.717) is 26.9 Å². The first kappa shape index (κ1) is 14.5. The van der Waals surface area contributed by atoms with E-state index < -0.39 is 5.97 Å². The summed E-state index contributed by atoms with van der Waals surface area (Å²) in [6.07, 6.45) is 0. The summed E-state index contributed by atoms with van der Waals surface area (Å²) in [5, 5.41) is 0. The molecule has 5 heteroatoms. The monoisotopic (exact) mass is 337 g/mol. The zero-order valence-corrected chi connectivity index (χ0v) is 12.4. The van der Waals surface area contributed by atoms with Crippen LogP contribution in [0.2, 0.25) is 0 Å². The largest absolute Gasteiger partial charge is 0.457 e. The molecule has 3 nitrogen and oxygen atoms in total. The molecule has 0 saturated heterocycles. The molecule has 2 rings (SSSR count). The van der Waals surface area contributed by atoms with E-state index in [1.54, 1.807) is 31.2 Å². The molecule has 104 valence electrons. The first-order chi connectivity index (χ1) is 9.49. The standard InChI is InChI=1S/C15H13BrFNO2/c1-9-12(3-2-4-14(9)18)15(19)20-8-10-5-6-11(17)7-13(10)16/h2-7H,8,18H2,1H3. The summed E-state index contributed by atoms with van der Waals surface area (Å²) in [6, 6.07) is 9.30. The van der Waals surface area contributed by atoms with Crippen LogP contribution in [0.5, 0.6) is 0 Å². The van der Waals surface area contributed by atoms with Crippen molar-refractivity contribution in [1.29, 1.82) is 0 Å². The fourth-order valence-electron chi connectivity index (χ4n) is 1.73. The summed E-state index contributed by atoms with van der Waals surface area (Å²) in [5.41, 5.74) is 8.11. The lowest BCUT2D eigenvalue weighted by molar-refractivity contribution is 0.0471. The number of esters is 1. The van der Waals surface area contributed by atoms with Crippen molar-refractivity contribution in [2.45, 2.75) is 13.5 Å². The number of hydrogen-bond donors (Lipinski definition) is 1. The molecule has 0 heterocycles. The molecule has 0 saturated carbocycles. The molecule has 2 N–H and O–H groups in total. The predicted molar refractivity (Wildman–Crippen MR) is 78.8 cm³/mol. The summed E-state index contributed by atoms with van der Waals surface area (Å²) < 4.78 is 18.7. The molecule has 0 aromatic heterocycles. The topological polar surface area (TPSA) is 52.3 Å². The van der Waals surface area contributed by atoms with Gasteiger partial charge < -0.3 is 10.5 Å². The number of carbonyl (C=O) groups excluding carboxylic acids is 1. The third kappa shape index (κ3) is 3.17. The normalized spacial score (nSPS) is 10.3. The van der Waals surface area contributed by atoms with Crippen molar-refractivity contribution in [3.8, 4) is 0 Å². The third-order valence-corrected chi connectivity index (χ3v) is 3.71. The van der Waals surface area contributed by atoms with Gasteiger partial charge in [0.05, 0.1) is 5.56 Å². The Morgan fingerprint density at radius 3 is 2.80 bits per heavy atom. The number of carbonyl (C=O) groups is 1. The quantitative estimate of drug-likeness (QED) is 0.683. The van der Waals surface area contributed by atoms with Crippen LogP contribution in [0.25, 0.3) is 0 Å². The van der Waals surface area contributed by atoms with Gasteiger partial charge in [0.1, 0.15) is 12.4 Å². The van der Waals surface area contributed by atoms with Crippen LogP contribution < -0.4 is 5.73 Å². The Balaban J connectivity index is 2.11. The van der Waals surface area contributed by atoms with E-state index in [1.165, 1.54) is 12.1 Å². The second-order valence-corrected chi connectivity index (χ2v) is 5.19. The summed E-state index contributed by atoms with van der Waals surface area (Å²) >= 11 is 3.23. The predicted octanol–water partition coefficient (Wildman–Crippen LogP) is 3.84. The molecule has 0 unspecified atom stereocenters. The number of ether oxygens (including phenoxy) is 1. The minimum absolute atomic E-state index is 0.0634. The molecule has 0 amide bonds. The number of nitrogens with two attached hydrogens (primary N) is 1. The van der Waals surface area contributed by atoms with Gasteiger partial charge in [0.15, 0.2) is 0 Å². The van der Waals surface area contributed by atoms with Crippen LogP contribution in [0.15, 0.2) is 40.9 Å². The van der Waals surface area contributed by atoms with Crippen molar-refractivity contribution >= 4 is 27.6 Å². The molecule has 0 bridgehead atoms. The van der Waals surface area contributed by atoms with Crippen molar-refractivity contribution < 1.29 is 13.9 Å². The van der Waals surface area contributed by atoms with E-state index in [9.17, 15) is 9.18 Å². The van der Waals surface area contributed by atoms with E-state index >= 15 is 0 Å². The van der Waals surface area contributed by atoms with Crippen molar-refractivity contribution in [1.82, 2.24) is 0 Å². The molecule has 0 spiro atoms. The van der Waals surface area contributed by atoms with Gasteiger partial charge in [-0.15, -0.1) is 0 Å². The van der Waals surface area contributed by atoms with Crippen LogP contribution in [0, 0.1) is 12.7 Å². The number of hydrogen-bond acceptors (Lipinski definition) is 3. The smallest absolute Gasteiger partial charge is 0.338 e. The fourth-order valence-corrected chi connectivity index (χ4v) is 2.20. The molecule has 0 radical (unpaired) electrons. The van der Waals surface area contributed by atoms with Gasteiger partial charge in [-0.05, 0) is 36.8 Å². The zero-order valence-electron chi connectivity index (χ0n) is 10.8. The Bertz CT molecular complexity index is 658. The maximum absolute atomic E-state index is 13.0. The minimum Gasteiger partial charge on any atom is -0.457 e. The van der Waals surface area contributed by atoms with Crippen LogP contribution >= 0.6 is 15.9 Å². The number of benzene rings is 2. The lowest BCUT2D eigenvalue weighted by atomic mass is 10.1. The highest BCUT2D eigenvalue weighted by molar-refractivity contribution is 9.10. The van der Waals surface area contributed by atoms with Crippen molar-refractivity contribution in [3.05, 3.63) is 63.4 Å². The Morgan fingerprint density at radius 1 is 1.35 bits per heavy atom. The molecule has 0 atom stereocenters. The average molecular weight is 338 g/mol. The number of rotatable bonds is 3. The number of halogens is 2. The van der Waals surface area contributed by atoms with Crippen LogP contribution in [0.3, 0.4) is 0 Å². The number of nitrogen functional groups attached to an aromatic ring is 1. The molecule has 0 aliphatic carbocycles. The van der Waals surface area contributed by atoms with Crippen molar-refractivity contribution in [2.24, 2.45) is 0 Å². The van der Waals surface area contributed by atoms with E-state index in [1.807, 2.05) is 0 Å². The second-order valence-electron chi connectivity index (χ2n) is 4.33. The van der Waals surface area contributed by atoms with E-state index in [-0.39, 0.29) is 12.4 Å². The van der Waals surface area contributed by atoms with Gasteiger partial charge in [-0.1, -0.05) is 28.1 Å². The highest BCUT2D eigenvalue weighted by Gasteiger charge is 2.13. The fraction of sp³-hybridized carbons (Fsp3) is 0.133. The minimum atomic E-state index is -0.453. The average Bonchev–Trinajstić information content (AvgIpc) is 2.40. The van der Waals surface area contributed by atoms with Gasteiger partial charge in [-0.25, -0.2) is 9.18 Å². The lowest BCUT2D eigenvalue weighted by Gasteiger charge is -2.09. The highest BCUT2D eigenvalue weighted by Crippen LogP contribution is 2.21. The molecule has 0 aliphatic heterocycles. The van der Waals surface area contributed by atoms with Gasteiger partial charge in [0, 0.05) is 15.7 Å². The van der Waals surface area contributed by atoms with Crippen molar-refractivity contribution in [3.63, 3.8) is 0 Å². The molecule has 0 fully saturated rings. The van der Waals surface area contributed by atoms with Crippen LogP contribution in [0.1, 0.15) is 21.5 Å². The van der Waals surface area contributed by atoms with Gasteiger partial charge in [-0.2, -0.15) is 0 Å². The molecular weight excluding hydrogens is 325 g/mol. The molecule has 20 heavy (non-hydrogen) atoms.